The van der Waals surface area contributed by atoms with Gasteiger partial charge in [0.2, 0.25) is 10.0 Å². The number of sulfonamides is 1. The molecule has 8 heteroatoms. The first-order chi connectivity index (χ1) is 11.2. The Labute approximate surface area is 156 Å². The van der Waals surface area contributed by atoms with E-state index in [4.69, 9.17) is 0 Å². The van der Waals surface area contributed by atoms with Gasteiger partial charge in [-0.15, -0.1) is 12.4 Å². The van der Waals surface area contributed by atoms with Gasteiger partial charge in [0.05, 0.1) is 4.90 Å². The smallest absolute Gasteiger partial charge is 0.251 e. The first kappa shape index (κ1) is 21.9. The Morgan fingerprint density at radius 1 is 1.36 bits per heavy atom. The largest absolute Gasteiger partial charge is 0.348 e. The van der Waals surface area contributed by atoms with E-state index in [0.29, 0.717) is 11.5 Å². The van der Waals surface area contributed by atoms with E-state index < -0.39 is 10.0 Å². The normalized spacial score (nSPS) is 21.0. The number of nitrogens with zero attached hydrogens (tertiary/aromatic N) is 1. The van der Waals surface area contributed by atoms with Gasteiger partial charge in [-0.25, -0.2) is 8.42 Å². The Kier molecular flexibility index (Phi) is 7.87. The number of hydrogen-bond acceptors (Lipinski definition) is 4. The van der Waals surface area contributed by atoms with Crippen LogP contribution in [0.1, 0.15) is 37.6 Å². The molecule has 0 bridgehead atoms. The standard InChI is InChI=1S/C17H27N3O3S.ClH/c1-12(2)20(4)24(22,23)15-7-5-6-14(10-15)17(21)19-16-11-18-9-8-13(16)3;/h5-7,10,12-13,16,18H,8-9,11H2,1-4H3,(H,19,21);1H. The van der Waals surface area contributed by atoms with Gasteiger partial charge in [-0.2, -0.15) is 4.31 Å². The Morgan fingerprint density at radius 2 is 2.04 bits per heavy atom. The SMILES string of the molecule is CC1CCNCC1NC(=O)c1cccc(S(=O)(=O)N(C)C(C)C)c1.Cl. The van der Waals surface area contributed by atoms with E-state index in [-0.39, 0.29) is 35.3 Å². The van der Waals surface area contributed by atoms with Crippen LogP contribution < -0.4 is 10.6 Å². The highest BCUT2D eigenvalue weighted by Gasteiger charge is 2.26. The van der Waals surface area contributed by atoms with Crippen LogP contribution in [0.15, 0.2) is 29.2 Å². The maximum absolute atomic E-state index is 12.6. The van der Waals surface area contributed by atoms with Gasteiger partial charge in [-0.3, -0.25) is 4.79 Å². The van der Waals surface area contributed by atoms with Gasteiger partial charge >= 0.3 is 0 Å². The molecule has 1 aliphatic heterocycles. The van der Waals surface area contributed by atoms with E-state index in [1.54, 1.807) is 19.2 Å². The topological polar surface area (TPSA) is 78.5 Å². The van der Waals surface area contributed by atoms with Crippen molar-refractivity contribution < 1.29 is 13.2 Å². The Balaban J connectivity index is 0.00000312. The molecule has 142 valence electrons. The van der Waals surface area contributed by atoms with E-state index in [0.717, 1.165) is 19.5 Å². The first-order valence-electron chi connectivity index (χ1n) is 8.33. The van der Waals surface area contributed by atoms with E-state index in [1.807, 2.05) is 13.8 Å². The molecule has 1 fully saturated rings. The number of carbonyl (C=O) groups is 1. The third-order valence-corrected chi connectivity index (χ3v) is 6.67. The predicted molar refractivity (Wildman–Crippen MR) is 102 cm³/mol. The quantitative estimate of drug-likeness (QED) is 0.805. The fraction of sp³-hybridized carbons (Fsp3) is 0.588. The zero-order chi connectivity index (χ0) is 17.9. The summed E-state index contributed by atoms with van der Waals surface area (Å²) >= 11 is 0. The van der Waals surface area contributed by atoms with Crippen LogP contribution in [0.25, 0.3) is 0 Å². The second kappa shape index (κ2) is 8.98. The zero-order valence-corrected chi connectivity index (χ0v) is 16.8. The number of hydrogen-bond donors (Lipinski definition) is 2. The fourth-order valence-electron chi connectivity index (χ4n) is 2.68. The van der Waals surface area contributed by atoms with E-state index in [9.17, 15) is 13.2 Å². The van der Waals surface area contributed by atoms with Gasteiger partial charge in [-0.1, -0.05) is 13.0 Å². The van der Waals surface area contributed by atoms with Crippen LogP contribution in [0.3, 0.4) is 0 Å². The van der Waals surface area contributed by atoms with Gasteiger partial charge in [-0.05, 0) is 50.9 Å². The summed E-state index contributed by atoms with van der Waals surface area (Å²) in [5.41, 5.74) is 0.367. The van der Waals surface area contributed by atoms with Gasteiger partial charge < -0.3 is 10.6 Å². The summed E-state index contributed by atoms with van der Waals surface area (Å²) in [6, 6.07) is 6.13. The van der Waals surface area contributed by atoms with Crippen LogP contribution in [0.4, 0.5) is 0 Å². The van der Waals surface area contributed by atoms with Gasteiger partial charge in [0.1, 0.15) is 0 Å². The highest BCUT2D eigenvalue weighted by molar-refractivity contribution is 7.89. The van der Waals surface area contributed by atoms with Gasteiger partial charge in [0, 0.05) is 31.2 Å². The molecule has 1 heterocycles. The summed E-state index contributed by atoms with van der Waals surface area (Å²) in [6.07, 6.45) is 1.01. The summed E-state index contributed by atoms with van der Waals surface area (Å²) in [7, 11) is -2.05. The molecule has 1 aliphatic rings. The molecule has 0 saturated carbocycles. The molecule has 1 amide bonds. The Bertz CT molecular complexity index is 694. The van der Waals surface area contributed by atoms with Crippen molar-refractivity contribution in [2.75, 3.05) is 20.1 Å². The number of benzene rings is 1. The average molecular weight is 390 g/mol. The van der Waals surface area contributed by atoms with Crippen molar-refractivity contribution in [1.29, 1.82) is 0 Å². The third kappa shape index (κ3) is 5.17. The minimum Gasteiger partial charge on any atom is -0.348 e. The fourth-order valence-corrected chi connectivity index (χ4v) is 4.09. The van der Waals surface area contributed by atoms with E-state index in [2.05, 4.69) is 17.6 Å². The van der Waals surface area contributed by atoms with Crippen molar-refractivity contribution in [3.8, 4) is 0 Å². The number of rotatable bonds is 5. The number of piperidine rings is 1. The molecule has 25 heavy (non-hydrogen) atoms. The molecule has 2 unspecified atom stereocenters. The van der Waals surface area contributed by atoms with Crippen molar-refractivity contribution in [1.82, 2.24) is 14.9 Å². The van der Waals surface area contributed by atoms with Crippen LogP contribution >= 0.6 is 12.4 Å². The van der Waals surface area contributed by atoms with Crippen LogP contribution in [0.5, 0.6) is 0 Å². The molecule has 1 aromatic carbocycles. The minimum atomic E-state index is -3.60. The summed E-state index contributed by atoms with van der Waals surface area (Å²) < 4.78 is 26.5. The molecular formula is C17H28ClN3O3S. The summed E-state index contributed by atoms with van der Waals surface area (Å²) in [4.78, 5) is 12.6. The molecule has 0 radical (unpaired) electrons. The summed E-state index contributed by atoms with van der Waals surface area (Å²) in [6.45, 7) is 7.44. The maximum Gasteiger partial charge on any atom is 0.251 e. The van der Waals surface area contributed by atoms with E-state index in [1.165, 1.54) is 16.4 Å². The lowest BCUT2D eigenvalue weighted by atomic mass is 9.94. The summed E-state index contributed by atoms with van der Waals surface area (Å²) in [5, 5.41) is 6.27. The highest BCUT2D eigenvalue weighted by atomic mass is 35.5. The lowest BCUT2D eigenvalue weighted by molar-refractivity contribution is 0.0915. The molecule has 0 spiro atoms. The van der Waals surface area contributed by atoms with Crippen molar-refractivity contribution in [2.45, 2.75) is 44.2 Å². The monoisotopic (exact) mass is 389 g/mol. The lowest BCUT2D eigenvalue weighted by Crippen LogP contribution is -2.50. The molecule has 2 atom stereocenters. The first-order valence-corrected chi connectivity index (χ1v) is 9.77. The van der Waals surface area contributed by atoms with Gasteiger partial charge in [0.15, 0.2) is 0 Å². The van der Waals surface area contributed by atoms with Crippen molar-refractivity contribution >= 4 is 28.3 Å². The van der Waals surface area contributed by atoms with Gasteiger partial charge in [0.25, 0.3) is 5.91 Å². The van der Waals surface area contributed by atoms with Crippen LogP contribution in [-0.2, 0) is 10.0 Å². The zero-order valence-electron chi connectivity index (χ0n) is 15.2. The average Bonchev–Trinajstić information content (AvgIpc) is 2.56. The van der Waals surface area contributed by atoms with Crippen LogP contribution in [-0.4, -0.2) is 50.9 Å². The molecule has 6 nitrogen and oxygen atoms in total. The number of amides is 1. The molecule has 0 aromatic heterocycles. The lowest BCUT2D eigenvalue weighted by Gasteiger charge is -2.30. The van der Waals surface area contributed by atoms with Crippen molar-refractivity contribution in [3.63, 3.8) is 0 Å². The molecule has 1 aromatic rings. The Hall–Kier alpha value is -1.15. The molecular weight excluding hydrogens is 362 g/mol. The maximum atomic E-state index is 12.6. The highest BCUT2D eigenvalue weighted by Crippen LogP contribution is 2.18. The van der Waals surface area contributed by atoms with Crippen LogP contribution in [0.2, 0.25) is 0 Å². The Morgan fingerprint density at radius 3 is 2.64 bits per heavy atom. The molecule has 2 rings (SSSR count). The number of halogens is 1. The second-order valence-corrected chi connectivity index (χ2v) is 8.69. The molecule has 1 saturated heterocycles. The second-order valence-electron chi connectivity index (χ2n) is 6.69. The summed E-state index contributed by atoms with van der Waals surface area (Å²) in [5.74, 6) is 0.161. The predicted octanol–water partition coefficient (Wildman–Crippen LogP) is 1.87. The number of nitrogens with one attached hydrogen (secondary N) is 2. The molecule has 2 N–H and O–H groups in total. The molecule has 0 aliphatic carbocycles. The minimum absolute atomic E-state index is 0. The van der Waals surface area contributed by atoms with Crippen molar-refractivity contribution in [3.05, 3.63) is 29.8 Å². The van der Waals surface area contributed by atoms with Crippen molar-refractivity contribution in [2.24, 2.45) is 5.92 Å². The van der Waals surface area contributed by atoms with E-state index >= 15 is 0 Å². The third-order valence-electron chi connectivity index (χ3n) is 4.64. The number of carbonyl (C=O) groups excluding carboxylic acids is 1. The van der Waals surface area contributed by atoms with Crippen LogP contribution in [0, 0.1) is 5.92 Å².